The number of sulfone groups is 1. The summed E-state index contributed by atoms with van der Waals surface area (Å²) in [6.45, 7) is 4.93. The molecule has 1 heterocycles. The Kier molecular flexibility index (Phi) is 9.62. The molecule has 0 radical (unpaired) electrons. The van der Waals surface area contributed by atoms with Crippen molar-refractivity contribution in [3.63, 3.8) is 0 Å². The van der Waals surface area contributed by atoms with E-state index in [4.69, 9.17) is 0 Å². The van der Waals surface area contributed by atoms with E-state index >= 15 is 0 Å². The Balaban J connectivity index is 1.41. The third-order valence-electron chi connectivity index (χ3n) is 8.57. The smallest absolute Gasteiger partial charge is 0.391 e. The number of fused-ring (bicyclic) bond motifs is 1. The van der Waals surface area contributed by atoms with Crippen molar-refractivity contribution in [2.75, 3.05) is 25.4 Å². The molecular weight excluding hydrogens is 541 g/mol. The largest absolute Gasteiger partial charge is 0.394 e. The second-order valence-electron chi connectivity index (χ2n) is 11.0. The highest BCUT2D eigenvalue weighted by molar-refractivity contribution is 7.91. The number of carbonyl (C=O) groups is 1. The van der Waals surface area contributed by atoms with E-state index in [-0.39, 0.29) is 48.0 Å². The lowest BCUT2D eigenvalue weighted by Gasteiger charge is -2.40. The summed E-state index contributed by atoms with van der Waals surface area (Å²) >= 11 is 0. The molecule has 1 fully saturated rings. The molecule has 4 rings (SSSR count). The van der Waals surface area contributed by atoms with Crippen LogP contribution in [-0.2, 0) is 16.3 Å². The van der Waals surface area contributed by atoms with Crippen LogP contribution < -0.4 is 5.32 Å². The molecule has 2 aromatic rings. The van der Waals surface area contributed by atoms with Gasteiger partial charge >= 0.3 is 6.18 Å². The summed E-state index contributed by atoms with van der Waals surface area (Å²) < 4.78 is 63.4. The van der Waals surface area contributed by atoms with Gasteiger partial charge in [-0.2, -0.15) is 13.2 Å². The van der Waals surface area contributed by atoms with Crippen LogP contribution >= 0.6 is 0 Å². The molecule has 1 unspecified atom stereocenters. The zero-order valence-corrected chi connectivity index (χ0v) is 23.9. The number of aliphatic hydroxyl groups is 1. The Bertz CT molecular complexity index is 1270. The van der Waals surface area contributed by atoms with Gasteiger partial charge in [0.05, 0.1) is 29.2 Å². The first kappa shape index (κ1) is 30.5. The molecule has 1 amide bonds. The molecule has 0 spiro atoms. The molecule has 2 atom stereocenters. The number of alkyl halides is 3. The minimum absolute atomic E-state index is 0.00947. The van der Waals surface area contributed by atoms with Crippen molar-refractivity contribution in [3.8, 4) is 0 Å². The monoisotopic (exact) mass is 580 g/mol. The van der Waals surface area contributed by atoms with Crippen LogP contribution in [0.15, 0.2) is 47.4 Å². The second kappa shape index (κ2) is 12.6. The molecule has 0 saturated heterocycles. The Morgan fingerprint density at radius 1 is 1.07 bits per heavy atom. The lowest BCUT2D eigenvalue weighted by atomic mass is 9.80. The number of amides is 1. The van der Waals surface area contributed by atoms with Crippen LogP contribution in [0.3, 0.4) is 0 Å². The molecule has 6 nitrogen and oxygen atoms in total. The van der Waals surface area contributed by atoms with Crippen molar-refractivity contribution in [1.29, 1.82) is 0 Å². The summed E-state index contributed by atoms with van der Waals surface area (Å²) in [5.41, 5.74) is 3.33. The van der Waals surface area contributed by atoms with Crippen LogP contribution in [0, 0.1) is 11.8 Å². The van der Waals surface area contributed by atoms with Gasteiger partial charge in [-0.15, -0.1) is 0 Å². The van der Waals surface area contributed by atoms with E-state index in [1.807, 2.05) is 12.1 Å². The van der Waals surface area contributed by atoms with E-state index < -0.39 is 28.0 Å². The molecule has 0 bridgehead atoms. The normalized spacial score (nSPS) is 22.9. The summed E-state index contributed by atoms with van der Waals surface area (Å²) in [7, 11) is -3.34. The number of rotatable bonds is 9. The van der Waals surface area contributed by atoms with Crippen molar-refractivity contribution in [1.82, 2.24) is 10.2 Å². The maximum Gasteiger partial charge on any atom is 0.391 e. The van der Waals surface area contributed by atoms with Crippen molar-refractivity contribution in [2.45, 2.75) is 75.5 Å². The highest BCUT2D eigenvalue weighted by Crippen LogP contribution is 2.41. The fourth-order valence-corrected chi connectivity index (χ4v) is 7.04. The Labute approximate surface area is 234 Å². The quantitative estimate of drug-likeness (QED) is 0.402. The number of benzene rings is 2. The molecule has 220 valence electrons. The number of carbonyl (C=O) groups excluding carboxylic acids is 1. The van der Waals surface area contributed by atoms with E-state index in [1.165, 1.54) is 12.1 Å². The molecule has 2 aromatic carbocycles. The van der Waals surface area contributed by atoms with E-state index in [1.54, 1.807) is 25.1 Å². The van der Waals surface area contributed by atoms with Gasteiger partial charge in [0.25, 0.3) is 5.91 Å². The number of halogens is 3. The van der Waals surface area contributed by atoms with Gasteiger partial charge in [0.1, 0.15) is 0 Å². The highest BCUT2D eigenvalue weighted by Gasteiger charge is 2.42. The van der Waals surface area contributed by atoms with E-state index in [0.29, 0.717) is 24.0 Å². The first-order valence-corrected chi connectivity index (χ1v) is 15.8. The average molecular weight is 581 g/mol. The molecule has 1 saturated carbocycles. The van der Waals surface area contributed by atoms with Crippen LogP contribution in [-0.4, -0.2) is 56.0 Å². The summed E-state index contributed by atoms with van der Waals surface area (Å²) in [6.07, 6.45) is -0.840. The third-order valence-corrected chi connectivity index (χ3v) is 10.3. The molecule has 0 aromatic heterocycles. The van der Waals surface area contributed by atoms with Gasteiger partial charge in [0.2, 0.25) is 0 Å². The molecule has 2 N–H and O–H groups in total. The lowest BCUT2D eigenvalue weighted by Crippen LogP contribution is -2.40. The number of hydrogen-bond acceptors (Lipinski definition) is 5. The Morgan fingerprint density at radius 2 is 1.75 bits per heavy atom. The van der Waals surface area contributed by atoms with Gasteiger partial charge in [-0.25, -0.2) is 8.42 Å². The Morgan fingerprint density at radius 3 is 2.33 bits per heavy atom. The van der Waals surface area contributed by atoms with Gasteiger partial charge < -0.3 is 10.4 Å². The maximum absolute atomic E-state index is 13.1. The minimum Gasteiger partial charge on any atom is -0.394 e. The van der Waals surface area contributed by atoms with Gasteiger partial charge in [-0.1, -0.05) is 32.0 Å². The van der Waals surface area contributed by atoms with Crippen molar-refractivity contribution in [2.24, 2.45) is 11.8 Å². The third kappa shape index (κ3) is 6.89. The molecule has 1 aliphatic carbocycles. The fraction of sp³-hybridized carbons (Fsp3) is 0.567. The maximum atomic E-state index is 13.1. The van der Waals surface area contributed by atoms with Crippen LogP contribution in [0.4, 0.5) is 13.2 Å². The van der Waals surface area contributed by atoms with Crippen LogP contribution in [0.25, 0.3) is 0 Å². The average Bonchev–Trinajstić information content (AvgIpc) is 2.95. The molecule has 10 heteroatoms. The summed E-state index contributed by atoms with van der Waals surface area (Å²) in [5.74, 6) is -1.24. The predicted molar refractivity (Wildman–Crippen MR) is 148 cm³/mol. The van der Waals surface area contributed by atoms with E-state index in [9.17, 15) is 31.5 Å². The first-order chi connectivity index (χ1) is 19.0. The predicted octanol–water partition coefficient (Wildman–Crippen LogP) is 5.62. The molecular formula is C30H39F3N2O4S. The topological polar surface area (TPSA) is 86.7 Å². The summed E-state index contributed by atoms with van der Waals surface area (Å²) in [5, 5.41) is 12.8. The lowest BCUT2D eigenvalue weighted by molar-refractivity contribution is -0.184. The molecule has 2 aliphatic rings. The van der Waals surface area contributed by atoms with Crippen molar-refractivity contribution < 1.29 is 31.5 Å². The van der Waals surface area contributed by atoms with E-state index in [0.717, 1.165) is 37.1 Å². The van der Waals surface area contributed by atoms with Gasteiger partial charge in [0.15, 0.2) is 9.84 Å². The summed E-state index contributed by atoms with van der Waals surface area (Å²) in [6, 6.07) is 11.3. The number of hydrogen-bond donors (Lipinski definition) is 2. The van der Waals surface area contributed by atoms with Crippen LogP contribution in [0.2, 0.25) is 0 Å². The highest BCUT2D eigenvalue weighted by atomic mass is 32.2. The zero-order chi connectivity index (χ0) is 29.1. The van der Waals surface area contributed by atoms with Crippen LogP contribution in [0.1, 0.15) is 85.1 Å². The van der Waals surface area contributed by atoms with Crippen molar-refractivity contribution >= 4 is 15.7 Å². The minimum atomic E-state index is -4.09. The standard InChI is InChI=1S/C30H39F3N2O4S/c1-3-28-26-14-9-23(29(37)34-27(19-36)21-7-12-25(13-8-21)40(38,39)4-2)17-22(26)15-16-35(28)18-20-5-10-24(11-6-20)30(31,32)33/h7-9,12-14,17,20,24,27-28,36H,3-6,10-11,15-16,18-19H2,1-2H3,(H,34,37)/t20?,24?,27?,28-/m1/s1. The number of nitrogens with zero attached hydrogens (tertiary/aromatic N) is 1. The van der Waals surface area contributed by atoms with Crippen molar-refractivity contribution in [3.05, 3.63) is 64.7 Å². The second-order valence-corrected chi connectivity index (χ2v) is 13.3. The van der Waals surface area contributed by atoms with E-state index in [2.05, 4.69) is 17.1 Å². The molecule has 1 aliphatic heterocycles. The number of aliphatic hydroxyl groups excluding tert-OH is 1. The first-order valence-electron chi connectivity index (χ1n) is 14.1. The number of nitrogens with one attached hydrogen (secondary N) is 1. The fourth-order valence-electron chi connectivity index (χ4n) is 6.16. The van der Waals surface area contributed by atoms with Crippen LogP contribution in [0.5, 0.6) is 0 Å². The summed E-state index contributed by atoms with van der Waals surface area (Å²) in [4.78, 5) is 15.7. The SMILES string of the molecule is CC[C@@H]1c2ccc(C(=O)NC(CO)c3ccc(S(=O)(=O)CC)cc3)cc2CCN1CC1CCC(C(F)(F)F)CC1. The van der Waals surface area contributed by atoms with Gasteiger partial charge in [-0.3, -0.25) is 9.69 Å². The zero-order valence-electron chi connectivity index (χ0n) is 23.1. The van der Waals surface area contributed by atoms with Gasteiger partial charge in [0, 0.05) is 24.7 Å². The van der Waals surface area contributed by atoms with Gasteiger partial charge in [-0.05, 0) is 85.4 Å². The Hall–Kier alpha value is -2.43. The molecule has 40 heavy (non-hydrogen) atoms.